The third-order valence-corrected chi connectivity index (χ3v) is 4.06. The van der Waals surface area contributed by atoms with Crippen LogP contribution in [0.3, 0.4) is 0 Å². The monoisotopic (exact) mass is 272 g/mol. The number of benzene rings is 1. The van der Waals surface area contributed by atoms with Crippen LogP contribution in [0.15, 0.2) is 24.4 Å². The first-order valence-corrected chi connectivity index (χ1v) is 7.10. The van der Waals surface area contributed by atoms with Crippen LogP contribution in [0.25, 0.3) is 10.9 Å². The number of piperidine rings is 1. The lowest BCUT2D eigenvalue weighted by Gasteiger charge is -2.28. The van der Waals surface area contributed by atoms with Crippen LogP contribution < -0.4 is 5.32 Å². The molecule has 0 atom stereocenters. The van der Waals surface area contributed by atoms with Crippen LogP contribution in [0.4, 0.5) is 0 Å². The Labute approximate surface area is 118 Å². The van der Waals surface area contributed by atoms with Crippen LogP contribution in [-0.2, 0) is 11.3 Å². The van der Waals surface area contributed by atoms with E-state index in [0.717, 1.165) is 42.4 Å². The Kier molecular flexibility index (Phi) is 3.69. The highest BCUT2D eigenvalue weighted by Crippen LogP contribution is 2.17. The number of nitrogens with zero attached hydrogens (tertiary/aromatic N) is 2. The summed E-state index contributed by atoms with van der Waals surface area (Å²) in [6.07, 6.45) is 3.72. The topological polar surface area (TPSA) is 61.0 Å². The number of H-pyrrole nitrogens is 1. The van der Waals surface area contributed by atoms with Crippen molar-refractivity contribution in [2.75, 3.05) is 20.1 Å². The zero-order valence-corrected chi connectivity index (χ0v) is 11.7. The van der Waals surface area contributed by atoms with Crippen molar-refractivity contribution in [3.63, 3.8) is 0 Å². The molecule has 0 saturated carbocycles. The zero-order chi connectivity index (χ0) is 13.9. The molecule has 0 spiro atoms. The minimum Gasteiger partial charge on any atom is -0.352 e. The summed E-state index contributed by atoms with van der Waals surface area (Å²) in [6, 6.07) is 6.10. The van der Waals surface area contributed by atoms with Crippen molar-refractivity contribution in [1.82, 2.24) is 20.4 Å². The summed E-state index contributed by atoms with van der Waals surface area (Å²) in [7, 11) is 2.10. The Balaban J connectivity index is 1.57. The van der Waals surface area contributed by atoms with E-state index >= 15 is 0 Å². The molecule has 5 heteroatoms. The quantitative estimate of drug-likeness (QED) is 0.890. The maximum atomic E-state index is 12.1. The minimum atomic E-state index is 0.169. The summed E-state index contributed by atoms with van der Waals surface area (Å²) in [6.45, 7) is 2.61. The molecule has 20 heavy (non-hydrogen) atoms. The van der Waals surface area contributed by atoms with Crippen molar-refractivity contribution >= 4 is 16.8 Å². The van der Waals surface area contributed by atoms with E-state index in [1.807, 2.05) is 18.2 Å². The van der Waals surface area contributed by atoms with Gasteiger partial charge in [-0.1, -0.05) is 12.1 Å². The number of nitrogens with one attached hydrogen (secondary N) is 2. The molecule has 1 aromatic carbocycles. The van der Waals surface area contributed by atoms with Crippen LogP contribution in [0.2, 0.25) is 0 Å². The number of carbonyl (C=O) groups is 1. The molecular weight excluding hydrogens is 252 g/mol. The molecule has 1 aliphatic rings. The van der Waals surface area contributed by atoms with Crippen molar-refractivity contribution < 1.29 is 4.79 Å². The van der Waals surface area contributed by atoms with E-state index in [1.165, 1.54) is 0 Å². The Morgan fingerprint density at radius 1 is 1.45 bits per heavy atom. The van der Waals surface area contributed by atoms with E-state index in [2.05, 4.69) is 27.5 Å². The van der Waals surface area contributed by atoms with Crippen molar-refractivity contribution in [3.05, 3.63) is 30.0 Å². The van der Waals surface area contributed by atoms with Gasteiger partial charge in [0, 0.05) is 17.8 Å². The molecule has 0 unspecified atom stereocenters. The number of aromatic amines is 1. The second-order valence-electron chi connectivity index (χ2n) is 5.59. The number of carbonyl (C=O) groups excluding carboxylic acids is 1. The lowest BCUT2D eigenvalue weighted by Crippen LogP contribution is -2.38. The molecule has 2 heterocycles. The van der Waals surface area contributed by atoms with E-state index in [9.17, 15) is 4.79 Å². The average molecular weight is 272 g/mol. The van der Waals surface area contributed by atoms with E-state index in [-0.39, 0.29) is 11.8 Å². The number of hydrogen-bond acceptors (Lipinski definition) is 3. The second kappa shape index (κ2) is 5.63. The lowest BCUT2D eigenvalue weighted by molar-refractivity contribution is -0.126. The number of amides is 1. The summed E-state index contributed by atoms with van der Waals surface area (Å²) in [5, 5.41) is 11.1. The molecular formula is C15H20N4O. The summed E-state index contributed by atoms with van der Waals surface area (Å²) in [5.41, 5.74) is 2.11. The molecule has 0 aliphatic carbocycles. The molecule has 0 radical (unpaired) electrons. The molecule has 2 N–H and O–H groups in total. The maximum absolute atomic E-state index is 12.1. The van der Waals surface area contributed by atoms with Crippen LogP contribution in [0.1, 0.15) is 18.4 Å². The predicted molar refractivity (Wildman–Crippen MR) is 78.2 cm³/mol. The van der Waals surface area contributed by atoms with E-state index in [0.29, 0.717) is 6.54 Å². The average Bonchev–Trinajstić information content (AvgIpc) is 2.93. The zero-order valence-electron chi connectivity index (χ0n) is 11.7. The number of likely N-dealkylation sites (tertiary alicyclic amines) is 1. The van der Waals surface area contributed by atoms with Crippen LogP contribution in [-0.4, -0.2) is 41.1 Å². The third kappa shape index (κ3) is 2.82. The first-order valence-electron chi connectivity index (χ1n) is 7.10. The van der Waals surface area contributed by atoms with Gasteiger partial charge in [0.2, 0.25) is 5.91 Å². The summed E-state index contributed by atoms with van der Waals surface area (Å²) in [5.74, 6) is 0.352. The second-order valence-corrected chi connectivity index (χ2v) is 5.59. The fourth-order valence-electron chi connectivity index (χ4n) is 2.70. The van der Waals surface area contributed by atoms with Gasteiger partial charge < -0.3 is 10.2 Å². The number of hydrogen-bond donors (Lipinski definition) is 2. The number of aromatic nitrogens is 2. The molecule has 1 saturated heterocycles. The van der Waals surface area contributed by atoms with Gasteiger partial charge in [-0.3, -0.25) is 9.89 Å². The first-order chi connectivity index (χ1) is 9.72. The fraction of sp³-hybridized carbons (Fsp3) is 0.467. The van der Waals surface area contributed by atoms with Gasteiger partial charge in [0.25, 0.3) is 0 Å². The van der Waals surface area contributed by atoms with Crippen LogP contribution in [0, 0.1) is 5.92 Å². The molecule has 2 aromatic rings. The molecule has 5 nitrogen and oxygen atoms in total. The van der Waals surface area contributed by atoms with E-state index in [1.54, 1.807) is 6.20 Å². The van der Waals surface area contributed by atoms with Gasteiger partial charge in [0.05, 0.1) is 11.7 Å². The minimum absolute atomic E-state index is 0.169. The fourth-order valence-corrected chi connectivity index (χ4v) is 2.70. The number of rotatable bonds is 3. The van der Waals surface area contributed by atoms with Gasteiger partial charge in [-0.25, -0.2) is 0 Å². The van der Waals surface area contributed by atoms with Gasteiger partial charge in [-0.15, -0.1) is 0 Å². The summed E-state index contributed by atoms with van der Waals surface area (Å²) in [4.78, 5) is 14.4. The van der Waals surface area contributed by atoms with Crippen molar-refractivity contribution in [2.24, 2.45) is 5.92 Å². The molecule has 106 valence electrons. The van der Waals surface area contributed by atoms with Gasteiger partial charge in [0.15, 0.2) is 0 Å². The Morgan fingerprint density at radius 3 is 3.05 bits per heavy atom. The van der Waals surface area contributed by atoms with E-state index in [4.69, 9.17) is 0 Å². The van der Waals surface area contributed by atoms with Crippen LogP contribution in [0.5, 0.6) is 0 Å². The molecule has 1 amide bonds. The summed E-state index contributed by atoms with van der Waals surface area (Å²) < 4.78 is 0. The Bertz CT molecular complexity index is 599. The van der Waals surface area contributed by atoms with Gasteiger partial charge in [-0.05, 0) is 44.6 Å². The lowest BCUT2D eigenvalue weighted by atomic mass is 9.96. The molecule has 1 aromatic heterocycles. The highest BCUT2D eigenvalue weighted by Gasteiger charge is 2.22. The highest BCUT2D eigenvalue weighted by molar-refractivity contribution is 5.80. The normalized spacial score (nSPS) is 17.4. The predicted octanol–water partition coefficient (Wildman–Crippen LogP) is 1.52. The number of fused-ring (bicyclic) bond motifs is 1. The SMILES string of the molecule is CN1CCC(C(=O)NCc2ccc3cn[nH]c3c2)CC1. The highest BCUT2D eigenvalue weighted by atomic mass is 16.1. The maximum Gasteiger partial charge on any atom is 0.223 e. The summed E-state index contributed by atoms with van der Waals surface area (Å²) >= 11 is 0. The van der Waals surface area contributed by atoms with Crippen molar-refractivity contribution in [2.45, 2.75) is 19.4 Å². The first kappa shape index (κ1) is 13.1. The van der Waals surface area contributed by atoms with Crippen molar-refractivity contribution in [1.29, 1.82) is 0 Å². The molecule has 3 rings (SSSR count). The van der Waals surface area contributed by atoms with Gasteiger partial charge in [0.1, 0.15) is 0 Å². The van der Waals surface area contributed by atoms with Crippen LogP contribution >= 0.6 is 0 Å². The standard InChI is InChI=1S/C15H20N4O/c1-19-6-4-12(5-7-19)15(20)16-9-11-2-3-13-10-17-18-14(13)8-11/h2-3,8,10,12H,4-7,9H2,1H3,(H,16,20)(H,17,18). The molecule has 1 fully saturated rings. The smallest absolute Gasteiger partial charge is 0.223 e. The third-order valence-electron chi connectivity index (χ3n) is 4.06. The van der Waals surface area contributed by atoms with E-state index < -0.39 is 0 Å². The van der Waals surface area contributed by atoms with Gasteiger partial charge >= 0.3 is 0 Å². The Morgan fingerprint density at radius 2 is 2.25 bits per heavy atom. The largest absolute Gasteiger partial charge is 0.352 e. The van der Waals surface area contributed by atoms with Crippen molar-refractivity contribution in [3.8, 4) is 0 Å². The molecule has 1 aliphatic heterocycles. The van der Waals surface area contributed by atoms with Gasteiger partial charge in [-0.2, -0.15) is 5.10 Å². The molecule has 0 bridgehead atoms. The Hall–Kier alpha value is -1.88.